The molecule has 0 fully saturated rings. The predicted octanol–water partition coefficient (Wildman–Crippen LogP) is 4.10. The van der Waals surface area contributed by atoms with Crippen molar-refractivity contribution in [2.24, 2.45) is 0 Å². The van der Waals surface area contributed by atoms with Gasteiger partial charge in [0.2, 0.25) is 0 Å². The smallest absolute Gasteiger partial charge is 0.258 e. The molecule has 4 aromatic rings. The van der Waals surface area contributed by atoms with Crippen LogP contribution in [0.1, 0.15) is 15.9 Å². The fraction of sp³-hybridized carbons (Fsp3) is 0.0909. The minimum absolute atomic E-state index is 0.177. The standard InChI is InChI=1S/C22H18FN3O3S/c1-14-4-3-11-26-13-20(25-21(14)26)15-5-7-16(8-6-15)24-22(27)18-10-9-17(12-19(18)23)30(2,28)29/h3-13H,1-2H3,(H,24,27). The molecule has 0 bridgehead atoms. The van der Waals surface area contributed by atoms with Crippen molar-refractivity contribution in [2.75, 3.05) is 11.6 Å². The number of carbonyl (C=O) groups is 1. The van der Waals surface area contributed by atoms with Gasteiger partial charge in [-0.25, -0.2) is 17.8 Å². The first-order valence-corrected chi connectivity index (χ1v) is 11.0. The van der Waals surface area contributed by atoms with Crippen LogP contribution in [0.2, 0.25) is 0 Å². The van der Waals surface area contributed by atoms with Gasteiger partial charge in [-0.3, -0.25) is 4.79 Å². The molecule has 0 saturated carbocycles. The second-order valence-corrected chi connectivity index (χ2v) is 9.01. The lowest BCUT2D eigenvalue weighted by Gasteiger charge is -2.08. The Hall–Kier alpha value is -3.52. The van der Waals surface area contributed by atoms with E-state index in [1.807, 2.05) is 48.0 Å². The van der Waals surface area contributed by atoms with E-state index in [0.717, 1.165) is 40.9 Å². The Morgan fingerprint density at radius 3 is 2.47 bits per heavy atom. The largest absolute Gasteiger partial charge is 0.322 e. The quantitative estimate of drug-likeness (QED) is 0.536. The highest BCUT2D eigenvalue weighted by molar-refractivity contribution is 7.90. The zero-order chi connectivity index (χ0) is 21.5. The Bertz CT molecular complexity index is 1380. The number of carbonyl (C=O) groups excluding carboxylic acids is 1. The molecular weight excluding hydrogens is 405 g/mol. The Balaban J connectivity index is 1.54. The number of pyridine rings is 1. The molecule has 152 valence electrons. The third-order valence-corrected chi connectivity index (χ3v) is 5.84. The average molecular weight is 423 g/mol. The van der Waals surface area contributed by atoms with Gasteiger partial charge in [0.15, 0.2) is 9.84 Å². The van der Waals surface area contributed by atoms with Gasteiger partial charge in [0.1, 0.15) is 11.5 Å². The number of benzene rings is 2. The van der Waals surface area contributed by atoms with E-state index in [4.69, 9.17) is 0 Å². The highest BCUT2D eigenvalue weighted by atomic mass is 32.2. The molecule has 4 rings (SSSR count). The van der Waals surface area contributed by atoms with Crippen LogP contribution in [0.3, 0.4) is 0 Å². The number of amides is 1. The minimum atomic E-state index is -3.55. The van der Waals surface area contributed by atoms with Crippen molar-refractivity contribution >= 4 is 27.1 Å². The van der Waals surface area contributed by atoms with E-state index in [0.29, 0.717) is 5.69 Å². The summed E-state index contributed by atoms with van der Waals surface area (Å²) in [6, 6.07) is 14.2. The van der Waals surface area contributed by atoms with Crippen LogP contribution in [0.5, 0.6) is 0 Å². The molecule has 6 nitrogen and oxygen atoms in total. The average Bonchev–Trinajstić information content (AvgIpc) is 3.13. The summed E-state index contributed by atoms with van der Waals surface area (Å²) < 4.78 is 39.2. The third-order valence-electron chi connectivity index (χ3n) is 4.73. The van der Waals surface area contributed by atoms with Gasteiger partial charge in [-0.15, -0.1) is 0 Å². The first-order valence-electron chi connectivity index (χ1n) is 9.08. The topological polar surface area (TPSA) is 80.5 Å². The van der Waals surface area contributed by atoms with Gasteiger partial charge >= 0.3 is 0 Å². The number of halogens is 1. The molecule has 0 aliphatic heterocycles. The van der Waals surface area contributed by atoms with Gasteiger partial charge in [0.25, 0.3) is 5.91 Å². The van der Waals surface area contributed by atoms with E-state index >= 15 is 0 Å². The van der Waals surface area contributed by atoms with E-state index in [1.165, 1.54) is 6.07 Å². The van der Waals surface area contributed by atoms with Crippen molar-refractivity contribution in [3.8, 4) is 11.3 Å². The lowest BCUT2D eigenvalue weighted by molar-refractivity contribution is 0.102. The van der Waals surface area contributed by atoms with Crippen LogP contribution in [0.15, 0.2) is 71.9 Å². The lowest BCUT2D eigenvalue weighted by Crippen LogP contribution is -2.14. The summed E-state index contributed by atoms with van der Waals surface area (Å²) in [5.74, 6) is -1.56. The first-order chi connectivity index (χ1) is 14.2. The molecule has 2 aromatic heterocycles. The second-order valence-electron chi connectivity index (χ2n) is 6.99. The predicted molar refractivity (Wildman–Crippen MR) is 113 cm³/mol. The fourth-order valence-electron chi connectivity index (χ4n) is 3.13. The van der Waals surface area contributed by atoms with Gasteiger partial charge in [-0.05, 0) is 48.9 Å². The SMILES string of the molecule is Cc1cccn2cc(-c3ccc(NC(=O)c4ccc(S(C)(=O)=O)cc4F)cc3)nc12. The van der Waals surface area contributed by atoms with Gasteiger partial charge < -0.3 is 9.72 Å². The first kappa shape index (κ1) is 19.8. The molecule has 0 spiro atoms. The number of sulfone groups is 1. The summed E-state index contributed by atoms with van der Waals surface area (Å²) >= 11 is 0. The Kier molecular flexibility index (Phi) is 4.87. The van der Waals surface area contributed by atoms with E-state index < -0.39 is 21.6 Å². The van der Waals surface area contributed by atoms with Crippen molar-refractivity contribution in [1.29, 1.82) is 0 Å². The number of nitrogens with one attached hydrogen (secondary N) is 1. The monoisotopic (exact) mass is 423 g/mol. The molecule has 2 heterocycles. The number of imidazole rings is 1. The van der Waals surface area contributed by atoms with Crippen molar-refractivity contribution in [3.05, 3.63) is 83.9 Å². The van der Waals surface area contributed by atoms with E-state index in [9.17, 15) is 17.6 Å². The summed E-state index contributed by atoms with van der Waals surface area (Å²) in [6.45, 7) is 1.99. The van der Waals surface area contributed by atoms with Crippen LogP contribution in [0, 0.1) is 12.7 Å². The van der Waals surface area contributed by atoms with Gasteiger partial charge in [-0.1, -0.05) is 18.2 Å². The van der Waals surface area contributed by atoms with Crippen molar-refractivity contribution < 1.29 is 17.6 Å². The van der Waals surface area contributed by atoms with E-state index in [2.05, 4.69) is 10.3 Å². The number of aryl methyl sites for hydroxylation is 1. The molecule has 0 aliphatic carbocycles. The van der Waals surface area contributed by atoms with Crippen molar-refractivity contribution in [1.82, 2.24) is 9.38 Å². The molecule has 0 atom stereocenters. The van der Waals surface area contributed by atoms with Crippen molar-refractivity contribution in [3.63, 3.8) is 0 Å². The Morgan fingerprint density at radius 2 is 1.83 bits per heavy atom. The van der Waals surface area contributed by atoms with Gasteiger partial charge in [0, 0.05) is 29.9 Å². The van der Waals surface area contributed by atoms with Crippen LogP contribution >= 0.6 is 0 Å². The highest BCUT2D eigenvalue weighted by Crippen LogP contribution is 2.23. The summed E-state index contributed by atoms with van der Waals surface area (Å²) in [7, 11) is -3.55. The molecule has 0 unspecified atom stereocenters. The lowest BCUT2D eigenvalue weighted by atomic mass is 10.1. The molecule has 1 amide bonds. The zero-order valence-electron chi connectivity index (χ0n) is 16.3. The minimum Gasteiger partial charge on any atom is -0.322 e. The highest BCUT2D eigenvalue weighted by Gasteiger charge is 2.16. The van der Waals surface area contributed by atoms with Gasteiger partial charge in [-0.2, -0.15) is 0 Å². The number of aromatic nitrogens is 2. The summed E-state index contributed by atoms with van der Waals surface area (Å²) in [5, 5.41) is 2.62. The van der Waals surface area contributed by atoms with Crippen LogP contribution in [0.4, 0.5) is 10.1 Å². The maximum atomic E-state index is 14.2. The fourth-order valence-corrected chi connectivity index (χ4v) is 3.76. The number of rotatable bonds is 4. The van der Waals surface area contributed by atoms with Crippen LogP contribution in [0.25, 0.3) is 16.9 Å². The third kappa shape index (κ3) is 3.81. The molecule has 2 aromatic carbocycles. The maximum Gasteiger partial charge on any atom is 0.258 e. The molecule has 0 radical (unpaired) electrons. The summed E-state index contributed by atoms with van der Waals surface area (Å²) in [5.41, 5.74) is 3.86. The summed E-state index contributed by atoms with van der Waals surface area (Å²) in [4.78, 5) is 16.8. The molecule has 30 heavy (non-hydrogen) atoms. The number of anilines is 1. The van der Waals surface area contributed by atoms with Crippen molar-refractivity contribution in [2.45, 2.75) is 11.8 Å². The normalized spacial score (nSPS) is 11.6. The number of nitrogens with zero attached hydrogens (tertiary/aromatic N) is 2. The van der Waals surface area contributed by atoms with E-state index in [-0.39, 0.29) is 10.5 Å². The van der Waals surface area contributed by atoms with Crippen LogP contribution < -0.4 is 5.32 Å². The van der Waals surface area contributed by atoms with Crippen LogP contribution in [-0.4, -0.2) is 30.0 Å². The van der Waals surface area contributed by atoms with Gasteiger partial charge in [0.05, 0.1) is 16.2 Å². The molecule has 0 aliphatic rings. The zero-order valence-corrected chi connectivity index (χ0v) is 17.1. The molecule has 0 saturated heterocycles. The Labute approximate surface area is 172 Å². The van der Waals surface area contributed by atoms with Crippen LogP contribution in [-0.2, 0) is 9.84 Å². The number of hydrogen-bond donors (Lipinski definition) is 1. The maximum absolute atomic E-state index is 14.2. The number of fused-ring (bicyclic) bond motifs is 1. The summed E-state index contributed by atoms with van der Waals surface area (Å²) in [6.07, 6.45) is 4.83. The second kappa shape index (κ2) is 7.38. The Morgan fingerprint density at radius 1 is 1.10 bits per heavy atom. The number of hydrogen-bond acceptors (Lipinski definition) is 4. The molecule has 8 heteroatoms. The van der Waals surface area contributed by atoms with E-state index in [1.54, 1.807) is 12.1 Å². The molecule has 1 N–H and O–H groups in total. The molecular formula is C22H18FN3O3S.